The van der Waals surface area contributed by atoms with Gasteiger partial charge in [-0.05, 0) is 30.9 Å². The Morgan fingerprint density at radius 3 is 2.76 bits per heavy atom. The lowest BCUT2D eigenvalue weighted by molar-refractivity contribution is 0.606. The van der Waals surface area contributed by atoms with E-state index >= 15 is 0 Å². The first-order valence-electron chi connectivity index (χ1n) is 6.52. The molecule has 94 valence electrons. The molecule has 1 aromatic carbocycles. The molecule has 0 spiro atoms. The van der Waals surface area contributed by atoms with E-state index in [0.29, 0.717) is 12.6 Å². The number of rotatable bonds is 6. The second kappa shape index (κ2) is 5.50. The van der Waals surface area contributed by atoms with E-state index in [2.05, 4.69) is 11.8 Å². The van der Waals surface area contributed by atoms with Gasteiger partial charge in [0.1, 0.15) is 5.82 Å². The van der Waals surface area contributed by atoms with E-state index in [4.69, 9.17) is 5.73 Å². The van der Waals surface area contributed by atoms with Gasteiger partial charge in [0.2, 0.25) is 0 Å². The first-order valence-corrected chi connectivity index (χ1v) is 6.52. The molecule has 1 aromatic rings. The molecule has 0 unspecified atom stereocenters. The fourth-order valence-corrected chi connectivity index (χ4v) is 2.24. The van der Waals surface area contributed by atoms with Gasteiger partial charge >= 0.3 is 0 Å². The van der Waals surface area contributed by atoms with E-state index in [1.807, 2.05) is 6.07 Å². The van der Waals surface area contributed by atoms with Crippen molar-refractivity contribution in [2.75, 3.05) is 11.4 Å². The van der Waals surface area contributed by atoms with Gasteiger partial charge in [0.25, 0.3) is 0 Å². The van der Waals surface area contributed by atoms with Crippen LogP contribution < -0.4 is 10.6 Å². The van der Waals surface area contributed by atoms with Crippen molar-refractivity contribution < 1.29 is 4.39 Å². The van der Waals surface area contributed by atoms with Crippen molar-refractivity contribution in [3.8, 4) is 0 Å². The summed E-state index contributed by atoms with van der Waals surface area (Å²) in [6.07, 6.45) is 4.61. The zero-order chi connectivity index (χ0) is 12.3. The number of unbranched alkanes of at least 4 members (excludes halogenated alkanes) is 1. The predicted molar refractivity (Wildman–Crippen MR) is 69.6 cm³/mol. The first kappa shape index (κ1) is 12.4. The molecule has 0 radical (unpaired) electrons. The molecule has 17 heavy (non-hydrogen) atoms. The summed E-state index contributed by atoms with van der Waals surface area (Å²) in [5.41, 5.74) is 7.38. The van der Waals surface area contributed by atoms with Crippen molar-refractivity contribution in [3.05, 3.63) is 29.6 Å². The third-order valence-corrected chi connectivity index (χ3v) is 3.32. The van der Waals surface area contributed by atoms with Gasteiger partial charge in [-0.2, -0.15) is 0 Å². The first-order chi connectivity index (χ1) is 8.27. The molecule has 0 bridgehead atoms. The molecule has 1 fully saturated rings. The van der Waals surface area contributed by atoms with Crippen molar-refractivity contribution in [3.63, 3.8) is 0 Å². The Morgan fingerprint density at radius 1 is 1.41 bits per heavy atom. The van der Waals surface area contributed by atoms with Gasteiger partial charge in [-0.25, -0.2) is 4.39 Å². The molecule has 1 aliphatic carbocycles. The molecule has 3 heteroatoms. The van der Waals surface area contributed by atoms with Crippen LogP contribution in [0.25, 0.3) is 0 Å². The Morgan fingerprint density at radius 2 is 2.18 bits per heavy atom. The monoisotopic (exact) mass is 236 g/mol. The minimum Gasteiger partial charge on any atom is -0.366 e. The Hall–Kier alpha value is -1.09. The molecular weight excluding hydrogens is 215 g/mol. The van der Waals surface area contributed by atoms with Gasteiger partial charge in [0.15, 0.2) is 0 Å². The van der Waals surface area contributed by atoms with Crippen LogP contribution in [0.1, 0.15) is 38.2 Å². The Kier molecular flexibility index (Phi) is 4.00. The summed E-state index contributed by atoms with van der Waals surface area (Å²) in [5, 5.41) is 0. The molecule has 0 saturated heterocycles. The number of para-hydroxylation sites is 1. The van der Waals surface area contributed by atoms with Crippen LogP contribution in [0, 0.1) is 5.82 Å². The van der Waals surface area contributed by atoms with E-state index in [0.717, 1.165) is 30.6 Å². The average Bonchev–Trinajstić information content (AvgIpc) is 3.15. The molecule has 2 nitrogen and oxygen atoms in total. The van der Waals surface area contributed by atoms with Crippen LogP contribution in [0.3, 0.4) is 0 Å². The van der Waals surface area contributed by atoms with Crippen LogP contribution >= 0.6 is 0 Å². The summed E-state index contributed by atoms with van der Waals surface area (Å²) < 4.78 is 14.0. The van der Waals surface area contributed by atoms with Crippen LogP contribution in [-0.4, -0.2) is 12.6 Å². The quantitative estimate of drug-likeness (QED) is 0.822. The Balaban J connectivity index is 2.27. The molecule has 1 saturated carbocycles. The highest BCUT2D eigenvalue weighted by atomic mass is 19.1. The van der Waals surface area contributed by atoms with E-state index in [9.17, 15) is 4.39 Å². The average molecular weight is 236 g/mol. The highest BCUT2D eigenvalue weighted by Crippen LogP contribution is 2.35. The lowest BCUT2D eigenvalue weighted by atomic mass is 10.1. The third-order valence-electron chi connectivity index (χ3n) is 3.32. The van der Waals surface area contributed by atoms with E-state index in [-0.39, 0.29) is 5.82 Å². The number of hydrogen-bond acceptors (Lipinski definition) is 2. The normalized spacial score (nSPS) is 15.0. The summed E-state index contributed by atoms with van der Waals surface area (Å²) in [6, 6.07) is 5.74. The number of nitrogens with zero attached hydrogens (tertiary/aromatic N) is 1. The fourth-order valence-electron chi connectivity index (χ4n) is 2.24. The largest absolute Gasteiger partial charge is 0.366 e. The number of benzene rings is 1. The van der Waals surface area contributed by atoms with E-state index < -0.39 is 0 Å². The van der Waals surface area contributed by atoms with Gasteiger partial charge < -0.3 is 10.6 Å². The minimum atomic E-state index is -0.129. The maximum atomic E-state index is 14.0. The van der Waals surface area contributed by atoms with Gasteiger partial charge in [-0.3, -0.25) is 0 Å². The van der Waals surface area contributed by atoms with Crippen LogP contribution in [-0.2, 0) is 6.54 Å². The van der Waals surface area contributed by atoms with E-state index in [1.165, 1.54) is 18.9 Å². The third kappa shape index (κ3) is 2.78. The molecule has 2 N–H and O–H groups in total. The zero-order valence-corrected chi connectivity index (χ0v) is 10.5. The second-order valence-electron chi connectivity index (χ2n) is 4.73. The molecule has 0 amide bonds. The Labute approximate surface area is 103 Å². The van der Waals surface area contributed by atoms with Crippen molar-refractivity contribution >= 4 is 5.69 Å². The van der Waals surface area contributed by atoms with Gasteiger partial charge in [0, 0.05) is 19.1 Å². The van der Waals surface area contributed by atoms with Crippen molar-refractivity contribution in [2.45, 2.75) is 45.2 Å². The topological polar surface area (TPSA) is 29.3 Å². The van der Waals surface area contributed by atoms with Gasteiger partial charge in [-0.15, -0.1) is 0 Å². The summed E-state index contributed by atoms with van der Waals surface area (Å²) in [7, 11) is 0. The van der Waals surface area contributed by atoms with Crippen LogP contribution in [0.4, 0.5) is 10.1 Å². The van der Waals surface area contributed by atoms with Crippen molar-refractivity contribution in [2.24, 2.45) is 5.73 Å². The second-order valence-corrected chi connectivity index (χ2v) is 4.73. The lowest BCUT2D eigenvalue weighted by Gasteiger charge is -2.27. The molecule has 0 aromatic heterocycles. The number of halogens is 1. The molecule has 0 atom stereocenters. The fraction of sp³-hybridized carbons (Fsp3) is 0.571. The summed E-state index contributed by atoms with van der Waals surface area (Å²) in [5.74, 6) is -0.129. The summed E-state index contributed by atoms with van der Waals surface area (Å²) in [4.78, 5) is 2.22. The minimum absolute atomic E-state index is 0.129. The molecule has 0 heterocycles. The van der Waals surface area contributed by atoms with Crippen molar-refractivity contribution in [1.82, 2.24) is 0 Å². The highest BCUT2D eigenvalue weighted by molar-refractivity contribution is 5.56. The van der Waals surface area contributed by atoms with Crippen LogP contribution in [0.15, 0.2) is 18.2 Å². The molecule has 2 rings (SSSR count). The SMILES string of the molecule is CCCCN(c1c(F)cccc1CN)C1CC1. The maximum absolute atomic E-state index is 14.0. The standard InChI is InChI=1S/C14H21FN2/c1-2-3-9-17(12-7-8-12)14-11(10-16)5-4-6-13(14)15/h4-6,12H,2-3,7-10,16H2,1H3. The smallest absolute Gasteiger partial charge is 0.146 e. The predicted octanol–water partition coefficient (Wildman–Crippen LogP) is 3.05. The molecule has 0 aliphatic heterocycles. The number of anilines is 1. The maximum Gasteiger partial charge on any atom is 0.146 e. The molecule has 1 aliphatic rings. The summed E-state index contributed by atoms with van der Waals surface area (Å²) in [6.45, 7) is 3.51. The van der Waals surface area contributed by atoms with E-state index in [1.54, 1.807) is 6.07 Å². The van der Waals surface area contributed by atoms with Gasteiger partial charge in [-0.1, -0.05) is 25.5 Å². The van der Waals surface area contributed by atoms with Crippen molar-refractivity contribution in [1.29, 1.82) is 0 Å². The molecular formula is C14H21FN2. The lowest BCUT2D eigenvalue weighted by Crippen LogP contribution is -2.29. The number of hydrogen-bond donors (Lipinski definition) is 1. The summed E-state index contributed by atoms with van der Waals surface area (Å²) >= 11 is 0. The highest BCUT2D eigenvalue weighted by Gasteiger charge is 2.31. The Bertz CT molecular complexity index is 374. The zero-order valence-electron chi connectivity index (χ0n) is 10.5. The number of nitrogens with two attached hydrogens (primary N) is 1. The van der Waals surface area contributed by atoms with Crippen LogP contribution in [0.5, 0.6) is 0 Å². The van der Waals surface area contributed by atoms with Gasteiger partial charge in [0.05, 0.1) is 5.69 Å². The van der Waals surface area contributed by atoms with Crippen LogP contribution in [0.2, 0.25) is 0 Å².